The summed E-state index contributed by atoms with van der Waals surface area (Å²) in [5.74, 6) is 0.0642. The van der Waals surface area contributed by atoms with Gasteiger partial charge in [0.25, 0.3) is 0 Å². The molecule has 2 aromatic rings. The monoisotopic (exact) mass is 254 g/mol. The Bertz CT molecular complexity index is 694. The first-order valence-corrected chi connectivity index (χ1v) is 6.55. The molecule has 0 saturated heterocycles. The summed E-state index contributed by atoms with van der Waals surface area (Å²) in [4.78, 5) is 16.2. The van der Waals surface area contributed by atoms with E-state index >= 15 is 0 Å². The number of hydrogen-bond donors (Lipinski definition) is 0. The number of nitrogens with zero attached hydrogens (tertiary/aromatic N) is 3. The van der Waals surface area contributed by atoms with Crippen LogP contribution in [0.15, 0.2) is 42.2 Å². The van der Waals surface area contributed by atoms with E-state index in [1.807, 2.05) is 41.2 Å². The number of allylic oxidation sites excluding steroid dienone is 1. The van der Waals surface area contributed by atoms with E-state index in [0.717, 1.165) is 29.8 Å². The van der Waals surface area contributed by atoms with E-state index in [0.29, 0.717) is 6.54 Å². The van der Waals surface area contributed by atoms with Gasteiger partial charge in [-0.15, -0.1) is 0 Å². The summed E-state index contributed by atoms with van der Waals surface area (Å²) in [6.07, 6.45) is 9.49. The van der Waals surface area contributed by atoms with E-state index in [-0.39, 0.29) is 5.91 Å². The van der Waals surface area contributed by atoms with Gasteiger partial charge in [-0.1, -0.05) is 19.4 Å². The van der Waals surface area contributed by atoms with Crippen molar-refractivity contribution in [2.75, 3.05) is 0 Å². The van der Waals surface area contributed by atoms with Crippen LogP contribution in [0.25, 0.3) is 5.65 Å². The number of carbonyl (C=O) groups excluding carboxylic acids is 1. The van der Waals surface area contributed by atoms with E-state index in [9.17, 15) is 4.79 Å². The number of fused-ring (bicyclic) bond motifs is 1. The molecule has 2 aromatic heterocycles. The zero-order valence-corrected chi connectivity index (χ0v) is 10.9. The Kier molecular flexibility index (Phi) is 2.99. The predicted molar refractivity (Wildman–Crippen MR) is 73.2 cm³/mol. The highest BCUT2D eigenvalue weighted by Crippen LogP contribution is 2.12. The third kappa shape index (κ3) is 2.21. The van der Waals surface area contributed by atoms with E-state index in [2.05, 4.69) is 11.9 Å². The predicted octanol–water partition coefficient (Wildman–Crippen LogP) is 2.18. The molecule has 0 unspecified atom stereocenters. The van der Waals surface area contributed by atoms with Crippen molar-refractivity contribution in [3.05, 3.63) is 47.9 Å². The lowest BCUT2D eigenvalue weighted by molar-refractivity contribution is -0.453. The van der Waals surface area contributed by atoms with Gasteiger partial charge in [0.15, 0.2) is 12.8 Å². The summed E-state index contributed by atoms with van der Waals surface area (Å²) < 4.78 is 3.76. The Hall–Kier alpha value is -2.23. The number of rotatable bonds is 4. The van der Waals surface area contributed by atoms with Crippen molar-refractivity contribution >= 4 is 17.8 Å². The zero-order valence-electron chi connectivity index (χ0n) is 10.9. The van der Waals surface area contributed by atoms with E-state index in [4.69, 9.17) is 0 Å². The molecular weight excluding hydrogens is 238 g/mol. The SMILES string of the molecule is CCCC1=CC(=O)[N+](Cc2cnc3ccccn23)=C1. The minimum Gasteiger partial charge on any atom is -0.298 e. The van der Waals surface area contributed by atoms with Crippen LogP contribution in [-0.2, 0) is 11.3 Å². The fourth-order valence-corrected chi connectivity index (χ4v) is 2.37. The van der Waals surface area contributed by atoms with Crippen molar-refractivity contribution in [3.8, 4) is 0 Å². The minimum atomic E-state index is 0.0642. The summed E-state index contributed by atoms with van der Waals surface area (Å²) in [6.45, 7) is 2.68. The first-order valence-electron chi connectivity index (χ1n) is 6.55. The molecule has 4 heteroatoms. The number of amides is 1. The van der Waals surface area contributed by atoms with Crippen LogP contribution in [0.2, 0.25) is 0 Å². The first kappa shape index (κ1) is 11.8. The molecule has 0 radical (unpaired) electrons. The molecule has 0 fully saturated rings. The number of pyridine rings is 1. The second-order valence-electron chi connectivity index (χ2n) is 4.74. The Morgan fingerprint density at radius 1 is 1.37 bits per heavy atom. The van der Waals surface area contributed by atoms with Gasteiger partial charge < -0.3 is 0 Å². The molecule has 3 rings (SSSR count). The lowest BCUT2D eigenvalue weighted by Crippen LogP contribution is -2.16. The Morgan fingerprint density at radius 2 is 2.26 bits per heavy atom. The molecule has 1 aliphatic rings. The van der Waals surface area contributed by atoms with Crippen LogP contribution < -0.4 is 0 Å². The van der Waals surface area contributed by atoms with Crippen LogP contribution in [0.4, 0.5) is 0 Å². The van der Waals surface area contributed by atoms with Crippen LogP contribution in [-0.4, -0.2) is 26.1 Å². The van der Waals surface area contributed by atoms with Gasteiger partial charge in [-0.05, 0) is 18.6 Å². The second-order valence-corrected chi connectivity index (χ2v) is 4.74. The molecule has 0 bridgehead atoms. The molecule has 1 amide bonds. The van der Waals surface area contributed by atoms with Gasteiger partial charge in [0, 0.05) is 11.8 Å². The normalized spacial score (nSPS) is 14.9. The average molecular weight is 254 g/mol. The van der Waals surface area contributed by atoms with Gasteiger partial charge in [0.05, 0.1) is 12.3 Å². The second kappa shape index (κ2) is 4.80. The molecule has 4 nitrogen and oxygen atoms in total. The lowest BCUT2D eigenvalue weighted by atomic mass is 10.2. The van der Waals surface area contributed by atoms with Gasteiger partial charge in [-0.2, -0.15) is 4.58 Å². The lowest BCUT2D eigenvalue weighted by Gasteiger charge is -1.98. The number of hydrogen-bond acceptors (Lipinski definition) is 2. The molecule has 1 aliphatic heterocycles. The maximum atomic E-state index is 11.9. The van der Waals surface area contributed by atoms with E-state index < -0.39 is 0 Å². The van der Waals surface area contributed by atoms with Crippen molar-refractivity contribution in [1.29, 1.82) is 0 Å². The van der Waals surface area contributed by atoms with E-state index in [1.165, 1.54) is 0 Å². The summed E-state index contributed by atoms with van der Waals surface area (Å²) in [6, 6.07) is 5.88. The highest BCUT2D eigenvalue weighted by atomic mass is 16.2. The van der Waals surface area contributed by atoms with Gasteiger partial charge in [0.1, 0.15) is 11.3 Å². The van der Waals surface area contributed by atoms with Crippen LogP contribution in [0.3, 0.4) is 0 Å². The summed E-state index contributed by atoms with van der Waals surface area (Å²) in [7, 11) is 0. The van der Waals surface area contributed by atoms with Crippen LogP contribution in [0.1, 0.15) is 25.5 Å². The van der Waals surface area contributed by atoms with Gasteiger partial charge >= 0.3 is 5.91 Å². The number of imidazole rings is 1. The Morgan fingerprint density at radius 3 is 3.11 bits per heavy atom. The maximum absolute atomic E-state index is 11.9. The fourth-order valence-electron chi connectivity index (χ4n) is 2.37. The highest BCUT2D eigenvalue weighted by molar-refractivity contribution is 5.96. The van der Waals surface area contributed by atoms with Crippen molar-refractivity contribution in [2.45, 2.75) is 26.3 Å². The van der Waals surface area contributed by atoms with E-state index in [1.54, 1.807) is 10.7 Å². The summed E-state index contributed by atoms with van der Waals surface area (Å²) >= 11 is 0. The Labute approximate surface area is 111 Å². The highest BCUT2D eigenvalue weighted by Gasteiger charge is 2.24. The topological polar surface area (TPSA) is 37.4 Å². The molecule has 96 valence electrons. The van der Waals surface area contributed by atoms with Crippen molar-refractivity contribution in [2.24, 2.45) is 0 Å². The minimum absolute atomic E-state index is 0.0642. The first-order chi connectivity index (χ1) is 9.28. The molecule has 0 spiro atoms. The Balaban J connectivity index is 1.87. The third-order valence-corrected chi connectivity index (χ3v) is 3.28. The van der Waals surface area contributed by atoms with Gasteiger partial charge in [-0.25, -0.2) is 9.78 Å². The van der Waals surface area contributed by atoms with Crippen LogP contribution in [0.5, 0.6) is 0 Å². The largest absolute Gasteiger partial charge is 0.413 e. The average Bonchev–Trinajstić information content (AvgIpc) is 2.96. The van der Waals surface area contributed by atoms with Gasteiger partial charge in [-0.3, -0.25) is 4.40 Å². The van der Waals surface area contributed by atoms with Crippen molar-refractivity contribution in [3.63, 3.8) is 0 Å². The molecule has 0 saturated carbocycles. The van der Waals surface area contributed by atoms with Crippen LogP contribution >= 0.6 is 0 Å². The maximum Gasteiger partial charge on any atom is 0.413 e. The molecule has 3 heterocycles. The molecule has 0 atom stereocenters. The number of carbonyl (C=O) groups is 1. The molecular formula is C15H16N3O+. The standard InChI is InChI=1S/C15H16N3O/c1-2-5-12-8-15(19)17(10-12)11-13-9-16-14-6-3-4-7-18(13)14/h3-4,6-10H,2,5,11H2,1H3/q+1. The van der Waals surface area contributed by atoms with Gasteiger partial charge in [0.2, 0.25) is 0 Å². The van der Waals surface area contributed by atoms with Crippen molar-refractivity contribution < 1.29 is 9.37 Å². The molecule has 0 aliphatic carbocycles. The van der Waals surface area contributed by atoms with Crippen LogP contribution in [0, 0.1) is 0 Å². The van der Waals surface area contributed by atoms with Crippen molar-refractivity contribution in [1.82, 2.24) is 9.38 Å². The third-order valence-electron chi connectivity index (χ3n) is 3.28. The number of aromatic nitrogens is 2. The summed E-state index contributed by atoms with van der Waals surface area (Å²) in [5.41, 5.74) is 3.04. The molecule has 0 N–H and O–H groups in total. The molecule has 0 aromatic carbocycles. The zero-order chi connectivity index (χ0) is 13.2. The fraction of sp³-hybridized carbons (Fsp3) is 0.267. The molecule has 19 heavy (non-hydrogen) atoms. The quantitative estimate of drug-likeness (QED) is 0.784. The summed E-state index contributed by atoms with van der Waals surface area (Å²) in [5, 5.41) is 0. The smallest absolute Gasteiger partial charge is 0.298 e.